The lowest BCUT2D eigenvalue weighted by molar-refractivity contribution is 0.107. The zero-order valence-electron chi connectivity index (χ0n) is 9.83. The molecule has 0 spiro atoms. The Morgan fingerprint density at radius 1 is 0.929 bits per heavy atom. The predicted molar refractivity (Wildman–Crippen MR) is 60.1 cm³/mol. The number of aliphatic hydroxyl groups excluding tert-OH is 2. The van der Waals surface area contributed by atoms with Crippen molar-refractivity contribution in [1.29, 1.82) is 0 Å². The van der Waals surface area contributed by atoms with Gasteiger partial charge in [-0.05, 0) is 24.7 Å². The summed E-state index contributed by atoms with van der Waals surface area (Å²) in [5.41, 5.74) is 0.937. The smallest absolute Gasteiger partial charge is 0.0600 e. The summed E-state index contributed by atoms with van der Waals surface area (Å²) in [7, 11) is 0. The zero-order chi connectivity index (χ0) is 11.3. The summed E-state index contributed by atoms with van der Waals surface area (Å²) in [5.74, 6) is 0.505. The summed E-state index contributed by atoms with van der Waals surface area (Å²) in [6, 6.07) is 0. The van der Waals surface area contributed by atoms with E-state index in [9.17, 15) is 10.2 Å². The number of hydrogen-bond acceptors (Lipinski definition) is 2. The molecule has 0 aromatic heterocycles. The van der Waals surface area contributed by atoms with E-state index in [2.05, 4.69) is 6.58 Å². The molecule has 0 radical (unpaired) electrons. The van der Waals surface area contributed by atoms with Gasteiger partial charge in [0.05, 0.1) is 12.2 Å². The molecule has 0 bridgehead atoms. The standard InChI is InChI=1S/C12H24O2/c1-8(2)11(13)6-10(5)7-12(14)9(3)4/h8-9,11-14H,5-7H2,1-4H3. The third-order valence-electron chi connectivity index (χ3n) is 2.53. The van der Waals surface area contributed by atoms with Crippen molar-refractivity contribution in [2.45, 2.75) is 52.7 Å². The van der Waals surface area contributed by atoms with Gasteiger partial charge in [-0.1, -0.05) is 39.8 Å². The molecule has 0 saturated carbocycles. The first-order valence-corrected chi connectivity index (χ1v) is 5.37. The van der Waals surface area contributed by atoms with E-state index in [1.54, 1.807) is 0 Å². The Morgan fingerprint density at radius 2 is 1.21 bits per heavy atom. The molecular formula is C12H24O2. The van der Waals surface area contributed by atoms with Crippen LogP contribution in [0.3, 0.4) is 0 Å². The van der Waals surface area contributed by atoms with Gasteiger partial charge in [0.2, 0.25) is 0 Å². The van der Waals surface area contributed by atoms with Crippen LogP contribution in [0.2, 0.25) is 0 Å². The fourth-order valence-corrected chi connectivity index (χ4v) is 1.15. The summed E-state index contributed by atoms with van der Waals surface area (Å²) in [6.45, 7) is 11.8. The van der Waals surface area contributed by atoms with Crippen LogP contribution in [0.15, 0.2) is 12.2 Å². The highest BCUT2D eigenvalue weighted by Gasteiger charge is 2.15. The van der Waals surface area contributed by atoms with Crippen LogP contribution in [-0.2, 0) is 0 Å². The van der Waals surface area contributed by atoms with E-state index in [4.69, 9.17) is 0 Å². The van der Waals surface area contributed by atoms with Gasteiger partial charge in [-0.3, -0.25) is 0 Å². The van der Waals surface area contributed by atoms with Crippen LogP contribution in [0.25, 0.3) is 0 Å². The Balaban J connectivity index is 3.87. The van der Waals surface area contributed by atoms with Crippen molar-refractivity contribution in [1.82, 2.24) is 0 Å². The van der Waals surface area contributed by atoms with Gasteiger partial charge in [0, 0.05) is 0 Å². The van der Waals surface area contributed by atoms with Gasteiger partial charge < -0.3 is 10.2 Å². The van der Waals surface area contributed by atoms with Crippen molar-refractivity contribution >= 4 is 0 Å². The molecule has 0 aromatic carbocycles. The topological polar surface area (TPSA) is 40.5 Å². The van der Waals surface area contributed by atoms with Crippen molar-refractivity contribution in [3.8, 4) is 0 Å². The van der Waals surface area contributed by atoms with E-state index in [0.29, 0.717) is 12.8 Å². The third kappa shape index (κ3) is 5.40. The first kappa shape index (κ1) is 13.7. The van der Waals surface area contributed by atoms with E-state index < -0.39 is 0 Å². The van der Waals surface area contributed by atoms with Gasteiger partial charge in [0.15, 0.2) is 0 Å². The predicted octanol–water partition coefficient (Wildman–Crippen LogP) is 2.36. The van der Waals surface area contributed by atoms with Gasteiger partial charge in [0.1, 0.15) is 0 Å². The van der Waals surface area contributed by atoms with Crippen LogP contribution in [0.1, 0.15) is 40.5 Å². The molecule has 2 N–H and O–H groups in total. The normalized spacial score (nSPS) is 16.0. The molecule has 2 atom stereocenters. The fraction of sp³-hybridized carbons (Fsp3) is 0.833. The molecule has 0 saturated heterocycles. The molecule has 0 aliphatic heterocycles. The lowest BCUT2D eigenvalue weighted by Crippen LogP contribution is -2.19. The Hall–Kier alpha value is -0.340. The summed E-state index contributed by atoms with van der Waals surface area (Å²) in [6.07, 6.45) is 0.534. The van der Waals surface area contributed by atoms with E-state index in [1.165, 1.54) is 0 Å². The maximum atomic E-state index is 9.61. The van der Waals surface area contributed by atoms with Crippen LogP contribution in [0.4, 0.5) is 0 Å². The summed E-state index contributed by atoms with van der Waals surface area (Å²) in [4.78, 5) is 0. The van der Waals surface area contributed by atoms with Gasteiger partial charge in [-0.25, -0.2) is 0 Å². The van der Waals surface area contributed by atoms with Gasteiger partial charge in [0.25, 0.3) is 0 Å². The minimum absolute atomic E-state index is 0.253. The van der Waals surface area contributed by atoms with Crippen molar-refractivity contribution < 1.29 is 10.2 Å². The largest absolute Gasteiger partial charge is 0.393 e. The average molecular weight is 200 g/mol. The lowest BCUT2D eigenvalue weighted by Gasteiger charge is -2.19. The highest BCUT2D eigenvalue weighted by molar-refractivity contribution is 4.98. The van der Waals surface area contributed by atoms with E-state index in [0.717, 1.165) is 5.57 Å². The average Bonchev–Trinajstić information content (AvgIpc) is 2.03. The molecule has 0 aliphatic carbocycles. The van der Waals surface area contributed by atoms with Crippen LogP contribution < -0.4 is 0 Å². The van der Waals surface area contributed by atoms with Crippen molar-refractivity contribution in [2.24, 2.45) is 11.8 Å². The van der Waals surface area contributed by atoms with E-state index >= 15 is 0 Å². The molecule has 0 amide bonds. The minimum atomic E-state index is -0.332. The van der Waals surface area contributed by atoms with Crippen LogP contribution in [-0.4, -0.2) is 22.4 Å². The quantitative estimate of drug-likeness (QED) is 0.646. The second-order valence-corrected chi connectivity index (χ2v) is 4.78. The first-order chi connectivity index (χ1) is 6.34. The molecule has 84 valence electrons. The maximum Gasteiger partial charge on any atom is 0.0600 e. The monoisotopic (exact) mass is 200 g/mol. The molecular weight excluding hydrogens is 176 g/mol. The molecule has 0 fully saturated rings. The Morgan fingerprint density at radius 3 is 1.43 bits per heavy atom. The number of rotatable bonds is 6. The van der Waals surface area contributed by atoms with Gasteiger partial charge in [-0.2, -0.15) is 0 Å². The lowest BCUT2D eigenvalue weighted by atomic mass is 9.94. The highest BCUT2D eigenvalue weighted by atomic mass is 16.3. The molecule has 2 nitrogen and oxygen atoms in total. The molecule has 0 rings (SSSR count). The van der Waals surface area contributed by atoms with Crippen molar-refractivity contribution in [2.75, 3.05) is 0 Å². The van der Waals surface area contributed by atoms with Crippen molar-refractivity contribution in [3.63, 3.8) is 0 Å². The van der Waals surface area contributed by atoms with Crippen LogP contribution in [0, 0.1) is 11.8 Å². The molecule has 0 heterocycles. The third-order valence-corrected chi connectivity index (χ3v) is 2.53. The molecule has 2 heteroatoms. The molecule has 0 aromatic rings. The summed E-state index contributed by atoms with van der Waals surface area (Å²) < 4.78 is 0. The molecule has 14 heavy (non-hydrogen) atoms. The number of hydrogen-bond donors (Lipinski definition) is 2. The number of aliphatic hydroxyl groups is 2. The van der Waals surface area contributed by atoms with E-state index in [-0.39, 0.29) is 24.0 Å². The second kappa shape index (κ2) is 6.20. The maximum absolute atomic E-state index is 9.61. The van der Waals surface area contributed by atoms with Crippen LogP contribution >= 0.6 is 0 Å². The van der Waals surface area contributed by atoms with Gasteiger partial charge in [-0.15, -0.1) is 0 Å². The Labute approximate surface area is 87.7 Å². The fourth-order valence-electron chi connectivity index (χ4n) is 1.15. The minimum Gasteiger partial charge on any atom is -0.393 e. The Kier molecular flexibility index (Phi) is 6.05. The summed E-state index contributed by atoms with van der Waals surface area (Å²) in [5, 5.41) is 19.2. The summed E-state index contributed by atoms with van der Waals surface area (Å²) >= 11 is 0. The molecule has 2 unspecified atom stereocenters. The van der Waals surface area contributed by atoms with E-state index in [1.807, 2.05) is 27.7 Å². The zero-order valence-corrected chi connectivity index (χ0v) is 9.83. The van der Waals surface area contributed by atoms with Crippen molar-refractivity contribution in [3.05, 3.63) is 12.2 Å². The second-order valence-electron chi connectivity index (χ2n) is 4.78. The first-order valence-electron chi connectivity index (χ1n) is 5.37. The Bertz CT molecular complexity index is 155. The molecule has 0 aliphatic rings. The SMILES string of the molecule is C=C(CC(O)C(C)C)CC(O)C(C)C. The van der Waals surface area contributed by atoms with Crippen LogP contribution in [0.5, 0.6) is 0 Å². The highest BCUT2D eigenvalue weighted by Crippen LogP contribution is 2.18. The van der Waals surface area contributed by atoms with Gasteiger partial charge >= 0.3 is 0 Å².